The van der Waals surface area contributed by atoms with Crippen molar-refractivity contribution in [2.75, 3.05) is 7.11 Å². The molecule has 28 heavy (non-hydrogen) atoms. The second-order valence-corrected chi connectivity index (χ2v) is 8.98. The van der Waals surface area contributed by atoms with Crippen molar-refractivity contribution in [3.8, 4) is 0 Å². The van der Waals surface area contributed by atoms with Crippen molar-refractivity contribution in [3.05, 3.63) is 53.9 Å². The number of carbonyl (C=O) groups is 1. The maximum absolute atomic E-state index is 12.9. The molecule has 2 aromatic rings. The first-order chi connectivity index (χ1) is 13.4. The Kier molecular flexibility index (Phi) is 8.77. The number of benzene rings is 1. The Morgan fingerprint density at radius 3 is 2.18 bits per heavy atom. The third kappa shape index (κ3) is 6.51. The standard InChI is InChI=1S/C22H31NO4S/c1-19-14-16-21(17-15-19)28(25,26)23-18-10-12-20(23)11-8-6-4-3-5-7-9-13-22(24)27-2/h10,12,14-18H,3-9,11,13H2,1-2H3. The van der Waals surface area contributed by atoms with Gasteiger partial charge >= 0.3 is 5.97 Å². The van der Waals surface area contributed by atoms with Gasteiger partial charge in [0.15, 0.2) is 0 Å². The van der Waals surface area contributed by atoms with Gasteiger partial charge in [-0.25, -0.2) is 12.4 Å². The lowest BCUT2D eigenvalue weighted by molar-refractivity contribution is -0.140. The van der Waals surface area contributed by atoms with E-state index in [2.05, 4.69) is 4.74 Å². The third-order valence-corrected chi connectivity index (χ3v) is 6.65. The van der Waals surface area contributed by atoms with Crippen LogP contribution in [0, 0.1) is 6.92 Å². The van der Waals surface area contributed by atoms with Gasteiger partial charge in [-0.2, -0.15) is 0 Å². The van der Waals surface area contributed by atoms with Gasteiger partial charge in [-0.05, 0) is 50.5 Å². The van der Waals surface area contributed by atoms with E-state index < -0.39 is 10.0 Å². The van der Waals surface area contributed by atoms with E-state index in [1.807, 2.05) is 25.1 Å². The minimum Gasteiger partial charge on any atom is -0.469 e. The molecule has 1 aromatic carbocycles. The normalized spacial score (nSPS) is 11.5. The molecule has 0 spiro atoms. The predicted octanol–water partition coefficient (Wildman–Crippen LogP) is 4.87. The lowest BCUT2D eigenvalue weighted by Crippen LogP contribution is -2.14. The van der Waals surface area contributed by atoms with Crippen molar-refractivity contribution in [2.45, 2.75) is 69.6 Å². The summed E-state index contributed by atoms with van der Waals surface area (Å²) in [6.45, 7) is 1.94. The molecule has 0 saturated heterocycles. The molecule has 0 aliphatic carbocycles. The van der Waals surface area contributed by atoms with E-state index in [0.29, 0.717) is 11.3 Å². The fraction of sp³-hybridized carbons (Fsp3) is 0.500. The zero-order valence-corrected chi connectivity index (χ0v) is 17.7. The van der Waals surface area contributed by atoms with Crippen LogP contribution in [0.4, 0.5) is 0 Å². The van der Waals surface area contributed by atoms with Gasteiger partial charge in [-0.15, -0.1) is 0 Å². The van der Waals surface area contributed by atoms with Gasteiger partial charge in [0.05, 0.1) is 12.0 Å². The van der Waals surface area contributed by atoms with Crippen molar-refractivity contribution in [3.63, 3.8) is 0 Å². The van der Waals surface area contributed by atoms with Crippen LogP contribution < -0.4 is 0 Å². The highest BCUT2D eigenvalue weighted by molar-refractivity contribution is 7.90. The Labute approximate surface area is 168 Å². The molecule has 2 rings (SSSR count). The molecule has 0 saturated carbocycles. The van der Waals surface area contributed by atoms with E-state index in [1.54, 1.807) is 24.4 Å². The minimum absolute atomic E-state index is 0.136. The highest BCUT2D eigenvalue weighted by Gasteiger charge is 2.18. The predicted molar refractivity (Wildman–Crippen MR) is 111 cm³/mol. The largest absolute Gasteiger partial charge is 0.469 e. The van der Waals surface area contributed by atoms with Gasteiger partial charge in [0, 0.05) is 18.3 Å². The summed E-state index contributed by atoms with van der Waals surface area (Å²) in [5.41, 5.74) is 1.87. The van der Waals surface area contributed by atoms with E-state index >= 15 is 0 Å². The Balaban J connectivity index is 1.74. The van der Waals surface area contributed by atoms with E-state index in [9.17, 15) is 13.2 Å². The lowest BCUT2D eigenvalue weighted by atomic mass is 10.1. The summed E-state index contributed by atoms with van der Waals surface area (Å²) in [4.78, 5) is 11.4. The average molecular weight is 406 g/mol. The van der Waals surface area contributed by atoms with Gasteiger partial charge < -0.3 is 4.74 Å². The number of hydrogen-bond acceptors (Lipinski definition) is 4. The van der Waals surface area contributed by atoms with Gasteiger partial charge in [-0.3, -0.25) is 4.79 Å². The monoisotopic (exact) mass is 405 g/mol. The number of nitrogens with zero attached hydrogens (tertiary/aromatic N) is 1. The molecule has 0 amide bonds. The fourth-order valence-corrected chi connectivity index (χ4v) is 4.61. The topological polar surface area (TPSA) is 65.4 Å². The first-order valence-electron chi connectivity index (χ1n) is 10.0. The molecule has 154 valence electrons. The second-order valence-electron chi connectivity index (χ2n) is 7.16. The fourth-order valence-electron chi connectivity index (χ4n) is 3.21. The molecule has 6 heteroatoms. The van der Waals surface area contributed by atoms with Gasteiger partial charge in [0.1, 0.15) is 0 Å². The number of aryl methyl sites for hydroxylation is 2. The summed E-state index contributed by atoms with van der Waals surface area (Å²) >= 11 is 0. The molecular formula is C22H31NO4S. The number of carbonyl (C=O) groups excluding carboxylic acids is 1. The Bertz CT molecular complexity index is 838. The molecule has 0 aliphatic heterocycles. The third-order valence-electron chi connectivity index (χ3n) is 4.91. The van der Waals surface area contributed by atoms with Crippen LogP contribution in [0.2, 0.25) is 0 Å². The first kappa shape index (κ1) is 22.2. The summed E-state index contributed by atoms with van der Waals surface area (Å²) in [6, 6.07) is 10.6. The van der Waals surface area contributed by atoms with Crippen molar-refractivity contribution in [1.82, 2.24) is 3.97 Å². The molecule has 0 fully saturated rings. The highest BCUT2D eigenvalue weighted by Crippen LogP contribution is 2.19. The molecule has 0 unspecified atom stereocenters. The Morgan fingerprint density at radius 1 is 0.929 bits per heavy atom. The van der Waals surface area contributed by atoms with Crippen LogP contribution >= 0.6 is 0 Å². The van der Waals surface area contributed by atoms with Crippen LogP contribution in [0.3, 0.4) is 0 Å². The van der Waals surface area contributed by atoms with Gasteiger partial charge in [0.2, 0.25) is 0 Å². The summed E-state index contributed by atoms with van der Waals surface area (Å²) in [5.74, 6) is -0.136. The number of rotatable bonds is 12. The van der Waals surface area contributed by atoms with Crippen LogP contribution in [0.1, 0.15) is 62.6 Å². The summed E-state index contributed by atoms with van der Waals surface area (Å²) in [7, 11) is -2.11. The molecule has 0 bridgehead atoms. The summed E-state index contributed by atoms with van der Waals surface area (Å²) in [5, 5.41) is 0. The molecule has 0 N–H and O–H groups in total. The number of ether oxygens (including phenoxy) is 1. The van der Waals surface area contributed by atoms with Crippen LogP contribution in [0.15, 0.2) is 47.5 Å². The smallest absolute Gasteiger partial charge is 0.305 e. The quantitative estimate of drug-likeness (QED) is 0.373. The number of methoxy groups -OCH3 is 1. The van der Waals surface area contributed by atoms with Crippen molar-refractivity contribution in [2.24, 2.45) is 0 Å². The molecule has 1 aromatic heterocycles. The van der Waals surface area contributed by atoms with Crippen LogP contribution in [-0.2, 0) is 26.0 Å². The van der Waals surface area contributed by atoms with Crippen molar-refractivity contribution < 1.29 is 17.9 Å². The zero-order valence-electron chi connectivity index (χ0n) is 16.9. The number of esters is 1. The van der Waals surface area contributed by atoms with E-state index in [-0.39, 0.29) is 5.97 Å². The minimum atomic E-state index is -3.53. The zero-order chi connectivity index (χ0) is 20.4. The molecule has 0 radical (unpaired) electrons. The number of hydrogen-bond donors (Lipinski definition) is 0. The number of aromatic nitrogens is 1. The molecule has 5 nitrogen and oxygen atoms in total. The maximum Gasteiger partial charge on any atom is 0.305 e. The van der Waals surface area contributed by atoms with Crippen LogP contribution in [0.25, 0.3) is 0 Å². The van der Waals surface area contributed by atoms with Gasteiger partial charge in [-0.1, -0.05) is 49.8 Å². The van der Waals surface area contributed by atoms with E-state index in [1.165, 1.54) is 11.1 Å². The maximum atomic E-state index is 12.9. The first-order valence-corrected chi connectivity index (χ1v) is 11.4. The Hall–Kier alpha value is -2.08. The van der Waals surface area contributed by atoms with Crippen LogP contribution in [-0.4, -0.2) is 25.5 Å². The van der Waals surface area contributed by atoms with Gasteiger partial charge in [0.25, 0.3) is 10.0 Å². The van der Waals surface area contributed by atoms with E-state index in [0.717, 1.165) is 62.6 Å². The average Bonchev–Trinajstić information content (AvgIpc) is 3.16. The SMILES string of the molecule is COC(=O)CCCCCCCCCc1cccn1S(=O)(=O)c1ccc(C)cc1. The summed E-state index contributed by atoms with van der Waals surface area (Å²) in [6.07, 6.45) is 10.3. The Morgan fingerprint density at radius 2 is 1.54 bits per heavy atom. The molecular weight excluding hydrogens is 374 g/mol. The number of unbranched alkanes of at least 4 members (excludes halogenated alkanes) is 6. The molecule has 0 aliphatic rings. The van der Waals surface area contributed by atoms with Crippen molar-refractivity contribution >= 4 is 16.0 Å². The summed E-state index contributed by atoms with van der Waals surface area (Å²) < 4.78 is 31.8. The molecule has 1 heterocycles. The lowest BCUT2D eigenvalue weighted by Gasteiger charge is -2.11. The second kappa shape index (κ2) is 11.1. The van der Waals surface area contributed by atoms with Crippen LogP contribution in [0.5, 0.6) is 0 Å². The molecule has 0 atom stereocenters. The van der Waals surface area contributed by atoms with E-state index in [4.69, 9.17) is 0 Å². The van der Waals surface area contributed by atoms with Crippen molar-refractivity contribution in [1.29, 1.82) is 0 Å². The highest BCUT2D eigenvalue weighted by atomic mass is 32.2.